The average molecular weight is 402 g/mol. The van der Waals surface area contributed by atoms with Crippen LogP contribution in [0.25, 0.3) is 12.2 Å². The molecular formula is C20H13Cl2NO4. The first-order chi connectivity index (χ1) is 12.9. The number of esters is 2. The molecule has 136 valence electrons. The molecule has 3 rings (SSSR count). The molecule has 0 aliphatic carbocycles. The van der Waals surface area contributed by atoms with Gasteiger partial charge in [0, 0.05) is 23.0 Å². The lowest BCUT2D eigenvalue weighted by molar-refractivity contribution is -0.132. The minimum absolute atomic E-state index is 0.161. The van der Waals surface area contributed by atoms with Crippen LogP contribution >= 0.6 is 23.2 Å². The molecule has 0 fully saturated rings. The molecule has 0 atom stereocenters. The number of ether oxygens (including phenoxy) is 2. The maximum atomic E-state index is 12.0. The lowest BCUT2D eigenvalue weighted by Crippen LogP contribution is -2.01. The molecule has 0 amide bonds. The van der Waals surface area contributed by atoms with Crippen molar-refractivity contribution in [3.05, 3.63) is 75.4 Å². The Bertz CT molecular complexity index is 992. The largest absolute Gasteiger partial charge is 0.427 e. The van der Waals surface area contributed by atoms with Crippen molar-refractivity contribution in [1.82, 2.24) is 0 Å². The molecule has 2 aromatic carbocycles. The van der Waals surface area contributed by atoms with E-state index in [0.29, 0.717) is 21.4 Å². The van der Waals surface area contributed by atoms with E-state index in [1.807, 2.05) is 0 Å². The standard InChI is InChI=1S/C20H13Cl2NO4/c1-12(24)26-16-7-2-13(3-8-16)10-18-20(25)27-19(23-18)9-5-14-4-6-15(21)11-17(14)22/h2-11H,1H3/b9-5+,18-10-. The number of rotatable bonds is 4. The van der Waals surface area contributed by atoms with Crippen molar-refractivity contribution in [2.45, 2.75) is 6.92 Å². The van der Waals surface area contributed by atoms with Crippen LogP contribution in [0.5, 0.6) is 5.75 Å². The maximum Gasteiger partial charge on any atom is 0.363 e. The van der Waals surface area contributed by atoms with Gasteiger partial charge in [-0.2, -0.15) is 0 Å². The van der Waals surface area contributed by atoms with Gasteiger partial charge in [-0.25, -0.2) is 9.79 Å². The Morgan fingerprint density at radius 2 is 1.85 bits per heavy atom. The van der Waals surface area contributed by atoms with Crippen molar-refractivity contribution in [1.29, 1.82) is 0 Å². The second-order valence-electron chi connectivity index (χ2n) is 5.53. The fourth-order valence-corrected chi connectivity index (χ4v) is 2.72. The molecule has 7 heteroatoms. The zero-order valence-electron chi connectivity index (χ0n) is 14.1. The first-order valence-corrected chi connectivity index (χ1v) is 8.60. The molecule has 0 aromatic heterocycles. The van der Waals surface area contributed by atoms with Gasteiger partial charge in [0.2, 0.25) is 5.90 Å². The van der Waals surface area contributed by atoms with Crippen LogP contribution in [0.15, 0.2) is 59.2 Å². The summed E-state index contributed by atoms with van der Waals surface area (Å²) in [5, 5.41) is 1.01. The van der Waals surface area contributed by atoms with Gasteiger partial charge in [-0.1, -0.05) is 41.4 Å². The molecule has 0 N–H and O–H groups in total. The Labute approximate surface area is 165 Å². The number of hydrogen-bond donors (Lipinski definition) is 0. The normalized spacial score (nSPS) is 15.1. The zero-order valence-corrected chi connectivity index (χ0v) is 15.6. The maximum absolute atomic E-state index is 12.0. The van der Waals surface area contributed by atoms with Gasteiger partial charge in [0.05, 0.1) is 0 Å². The van der Waals surface area contributed by atoms with E-state index < -0.39 is 11.9 Å². The van der Waals surface area contributed by atoms with Gasteiger partial charge in [-0.3, -0.25) is 4.79 Å². The number of aliphatic imine (C=N–C) groups is 1. The second-order valence-corrected chi connectivity index (χ2v) is 6.37. The number of carbonyl (C=O) groups is 2. The fourth-order valence-electron chi connectivity index (χ4n) is 2.25. The van der Waals surface area contributed by atoms with E-state index in [2.05, 4.69) is 4.99 Å². The van der Waals surface area contributed by atoms with Gasteiger partial charge in [-0.15, -0.1) is 0 Å². The summed E-state index contributed by atoms with van der Waals surface area (Å²) in [6.07, 6.45) is 4.81. The summed E-state index contributed by atoms with van der Waals surface area (Å²) in [6, 6.07) is 11.7. The van der Waals surface area contributed by atoms with Crippen LogP contribution in [-0.2, 0) is 14.3 Å². The lowest BCUT2D eigenvalue weighted by Gasteiger charge is -2.00. The molecule has 27 heavy (non-hydrogen) atoms. The van der Waals surface area contributed by atoms with Crippen LogP contribution in [0, 0.1) is 0 Å². The molecule has 0 bridgehead atoms. The third-order valence-electron chi connectivity index (χ3n) is 3.45. The number of carbonyl (C=O) groups excluding carboxylic acids is 2. The third-order valence-corrected chi connectivity index (χ3v) is 4.01. The number of cyclic esters (lactones) is 1. The average Bonchev–Trinajstić information content (AvgIpc) is 2.95. The summed E-state index contributed by atoms with van der Waals surface area (Å²) in [6.45, 7) is 1.32. The van der Waals surface area contributed by atoms with Crippen molar-refractivity contribution < 1.29 is 19.1 Å². The SMILES string of the molecule is CC(=O)Oc1ccc(/C=C2N=C(/C=C/c3ccc(Cl)cc3Cl)OC\2=O)cc1. The highest BCUT2D eigenvalue weighted by Gasteiger charge is 2.21. The van der Waals surface area contributed by atoms with E-state index >= 15 is 0 Å². The summed E-state index contributed by atoms with van der Waals surface area (Å²) < 4.78 is 10.1. The van der Waals surface area contributed by atoms with Crippen LogP contribution in [0.1, 0.15) is 18.1 Å². The Morgan fingerprint density at radius 3 is 2.52 bits per heavy atom. The smallest absolute Gasteiger partial charge is 0.363 e. The highest BCUT2D eigenvalue weighted by atomic mass is 35.5. The molecule has 0 spiro atoms. The van der Waals surface area contributed by atoms with Gasteiger partial charge in [0.15, 0.2) is 5.70 Å². The number of nitrogens with zero attached hydrogens (tertiary/aromatic N) is 1. The first kappa shape index (κ1) is 18.9. The highest BCUT2D eigenvalue weighted by Crippen LogP contribution is 2.23. The summed E-state index contributed by atoms with van der Waals surface area (Å²) >= 11 is 12.0. The zero-order chi connectivity index (χ0) is 19.4. The summed E-state index contributed by atoms with van der Waals surface area (Å²) in [4.78, 5) is 27.1. The Kier molecular flexibility index (Phi) is 5.74. The minimum atomic E-state index is -0.555. The van der Waals surface area contributed by atoms with Crippen LogP contribution < -0.4 is 4.74 Å². The van der Waals surface area contributed by atoms with Crippen molar-refractivity contribution >= 4 is 53.2 Å². The summed E-state index contributed by atoms with van der Waals surface area (Å²) in [5.41, 5.74) is 1.60. The van der Waals surface area contributed by atoms with Gasteiger partial charge in [0.25, 0.3) is 0 Å². The molecule has 0 unspecified atom stereocenters. The highest BCUT2D eigenvalue weighted by molar-refractivity contribution is 6.35. The predicted molar refractivity (Wildman–Crippen MR) is 105 cm³/mol. The molecule has 1 aliphatic heterocycles. The Balaban J connectivity index is 1.76. The quantitative estimate of drug-likeness (QED) is 0.413. The Hall–Kier alpha value is -2.89. The monoisotopic (exact) mass is 401 g/mol. The van der Waals surface area contributed by atoms with Gasteiger partial charge < -0.3 is 9.47 Å². The molecular weight excluding hydrogens is 389 g/mol. The lowest BCUT2D eigenvalue weighted by atomic mass is 10.2. The number of hydrogen-bond acceptors (Lipinski definition) is 5. The molecule has 0 saturated carbocycles. The molecule has 0 saturated heterocycles. The fraction of sp³-hybridized carbons (Fsp3) is 0.0500. The Morgan fingerprint density at radius 1 is 1.11 bits per heavy atom. The van der Waals surface area contributed by atoms with E-state index in [1.54, 1.807) is 60.7 Å². The van der Waals surface area contributed by atoms with Crippen LogP contribution in [0.4, 0.5) is 0 Å². The van der Waals surface area contributed by atoms with Gasteiger partial charge in [-0.05, 0) is 47.5 Å². The van der Waals surface area contributed by atoms with E-state index in [0.717, 1.165) is 5.56 Å². The van der Waals surface area contributed by atoms with E-state index in [9.17, 15) is 9.59 Å². The van der Waals surface area contributed by atoms with Crippen LogP contribution in [0.2, 0.25) is 10.0 Å². The van der Waals surface area contributed by atoms with Gasteiger partial charge in [0.1, 0.15) is 5.75 Å². The molecule has 1 aliphatic rings. The van der Waals surface area contributed by atoms with Crippen molar-refractivity contribution in [2.75, 3.05) is 0 Å². The van der Waals surface area contributed by atoms with Crippen LogP contribution in [-0.4, -0.2) is 17.8 Å². The van der Waals surface area contributed by atoms with Crippen LogP contribution in [0.3, 0.4) is 0 Å². The summed E-state index contributed by atoms with van der Waals surface area (Å²) in [7, 11) is 0. The molecule has 2 aromatic rings. The van der Waals surface area contributed by atoms with Crippen molar-refractivity contribution in [2.24, 2.45) is 4.99 Å². The molecule has 5 nitrogen and oxygen atoms in total. The topological polar surface area (TPSA) is 65.0 Å². The predicted octanol–water partition coefficient (Wildman–Crippen LogP) is 4.93. The van der Waals surface area contributed by atoms with Crippen molar-refractivity contribution in [3.63, 3.8) is 0 Å². The van der Waals surface area contributed by atoms with Gasteiger partial charge >= 0.3 is 11.9 Å². The minimum Gasteiger partial charge on any atom is -0.427 e. The second kappa shape index (κ2) is 8.20. The van der Waals surface area contributed by atoms with E-state index in [1.165, 1.54) is 6.92 Å². The first-order valence-electron chi connectivity index (χ1n) is 7.85. The molecule has 0 radical (unpaired) electrons. The number of halogens is 2. The summed E-state index contributed by atoms with van der Waals surface area (Å²) in [5.74, 6) is -0.373. The number of benzene rings is 2. The van der Waals surface area contributed by atoms with E-state index in [4.69, 9.17) is 32.7 Å². The molecule has 1 heterocycles. The van der Waals surface area contributed by atoms with E-state index in [-0.39, 0.29) is 11.6 Å². The third kappa shape index (κ3) is 5.06. The van der Waals surface area contributed by atoms with Crippen molar-refractivity contribution in [3.8, 4) is 5.75 Å².